The minimum atomic E-state index is 0.244. The smallest absolute Gasteiger partial charge is 0.0833 e. The van der Waals surface area contributed by atoms with E-state index >= 15 is 0 Å². The van der Waals surface area contributed by atoms with Crippen LogP contribution in [0.5, 0.6) is 0 Å². The molecule has 14 heavy (non-hydrogen) atoms. The quantitative estimate of drug-likeness (QED) is 0.645. The van der Waals surface area contributed by atoms with E-state index in [-0.39, 0.29) is 12.2 Å². The SMILES string of the molecule is C=C[C@H]1CCC[C@@H](c2ccccc2)O1. The normalized spacial score (nSPS) is 27.1. The summed E-state index contributed by atoms with van der Waals surface area (Å²) in [7, 11) is 0. The third kappa shape index (κ3) is 2.05. The maximum atomic E-state index is 5.90. The molecule has 0 aromatic heterocycles. The molecule has 1 heterocycles. The van der Waals surface area contributed by atoms with Crippen LogP contribution in [0.15, 0.2) is 43.0 Å². The fraction of sp³-hybridized carbons (Fsp3) is 0.385. The Labute approximate surface area is 85.4 Å². The van der Waals surface area contributed by atoms with Gasteiger partial charge in [0, 0.05) is 0 Å². The van der Waals surface area contributed by atoms with Crippen LogP contribution < -0.4 is 0 Å². The number of benzene rings is 1. The summed E-state index contributed by atoms with van der Waals surface area (Å²) in [4.78, 5) is 0. The molecule has 0 amide bonds. The molecule has 1 aromatic rings. The lowest BCUT2D eigenvalue weighted by molar-refractivity contribution is -0.0265. The van der Waals surface area contributed by atoms with Crippen molar-refractivity contribution >= 4 is 0 Å². The van der Waals surface area contributed by atoms with Crippen LogP contribution in [0, 0.1) is 0 Å². The average molecular weight is 188 g/mol. The van der Waals surface area contributed by atoms with E-state index in [4.69, 9.17) is 4.74 Å². The summed E-state index contributed by atoms with van der Waals surface area (Å²) in [6, 6.07) is 10.4. The van der Waals surface area contributed by atoms with Crippen molar-refractivity contribution in [1.29, 1.82) is 0 Å². The van der Waals surface area contributed by atoms with E-state index in [0.717, 1.165) is 12.8 Å². The van der Waals surface area contributed by atoms with Crippen molar-refractivity contribution in [2.24, 2.45) is 0 Å². The maximum absolute atomic E-state index is 5.90. The molecule has 1 nitrogen and oxygen atoms in total. The average Bonchev–Trinajstić information content (AvgIpc) is 2.30. The second kappa shape index (κ2) is 4.43. The fourth-order valence-electron chi connectivity index (χ4n) is 1.94. The van der Waals surface area contributed by atoms with Gasteiger partial charge in [-0.15, -0.1) is 6.58 Å². The highest BCUT2D eigenvalue weighted by Gasteiger charge is 2.20. The number of rotatable bonds is 2. The molecule has 1 aliphatic rings. The van der Waals surface area contributed by atoms with Crippen molar-refractivity contribution in [3.8, 4) is 0 Å². The van der Waals surface area contributed by atoms with Crippen molar-refractivity contribution in [1.82, 2.24) is 0 Å². The molecule has 2 atom stereocenters. The van der Waals surface area contributed by atoms with Gasteiger partial charge in [0.15, 0.2) is 0 Å². The highest BCUT2D eigenvalue weighted by molar-refractivity contribution is 5.18. The molecule has 0 N–H and O–H groups in total. The van der Waals surface area contributed by atoms with Crippen molar-refractivity contribution in [3.05, 3.63) is 48.6 Å². The standard InChI is InChI=1S/C13H16O/c1-2-12-9-6-10-13(14-12)11-7-4-3-5-8-11/h2-5,7-8,12-13H,1,6,9-10H2/t12-,13-/m0/s1. The molecule has 1 heteroatoms. The first-order chi connectivity index (χ1) is 6.90. The van der Waals surface area contributed by atoms with E-state index in [2.05, 4.69) is 30.8 Å². The van der Waals surface area contributed by atoms with Crippen LogP contribution in [0.1, 0.15) is 30.9 Å². The zero-order chi connectivity index (χ0) is 9.80. The maximum Gasteiger partial charge on any atom is 0.0833 e. The highest BCUT2D eigenvalue weighted by atomic mass is 16.5. The molecule has 0 radical (unpaired) electrons. The Morgan fingerprint density at radius 3 is 2.71 bits per heavy atom. The van der Waals surface area contributed by atoms with E-state index in [1.54, 1.807) is 0 Å². The Balaban J connectivity index is 2.08. The first kappa shape index (κ1) is 9.47. The summed E-state index contributed by atoms with van der Waals surface area (Å²) in [6.07, 6.45) is 5.91. The Kier molecular flexibility index (Phi) is 3.00. The van der Waals surface area contributed by atoms with Crippen LogP contribution in [0.3, 0.4) is 0 Å². The van der Waals surface area contributed by atoms with Gasteiger partial charge in [-0.2, -0.15) is 0 Å². The molecule has 0 bridgehead atoms. The highest BCUT2D eigenvalue weighted by Crippen LogP contribution is 2.31. The number of hydrogen-bond donors (Lipinski definition) is 0. The van der Waals surface area contributed by atoms with Crippen molar-refractivity contribution in [2.45, 2.75) is 31.5 Å². The molecule has 74 valence electrons. The Bertz CT molecular complexity index is 291. The van der Waals surface area contributed by atoms with Crippen molar-refractivity contribution in [3.63, 3.8) is 0 Å². The number of hydrogen-bond acceptors (Lipinski definition) is 1. The van der Waals surface area contributed by atoms with Gasteiger partial charge in [-0.05, 0) is 24.8 Å². The van der Waals surface area contributed by atoms with E-state index in [9.17, 15) is 0 Å². The number of ether oxygens (including phenoxy) is 1. The zero-order valence-electron chi connectivity index (χ0n) is 8.36. The molecule has 1 aromatic carbocycles. The first-order valence-electron chi connectivity index (χ1n) is 5.23. The van der Waals surface area contributed by atoms with Gasteiger partial charge in [0.05, 0.1) is 12.2 Å². The molecule has 0 unspecified atom stereocenters. The topological polar surface area (TPSA) is 9.23 Å². The van der Waals surface area contributed by atoms with Crippen LogP contribution in [-0.2, 0) is 4.74 Å². The van der Waals surface area contributed by atoms with Gasteiger partial charge in [-0.1, -0.05) is 36.4 Å². The molecular weight excluding hydrogens is 172 g/mol. The summed E-state index contributed by atoms with van der Waals surface area (Å²) in [5, 5.41) is 0. The first-order valence-corrected chi connectivity index (χ1v) is 5.23. The molecule has 1 saturated heterocycles. The van der Waals surface area contributed by atoms with Crippen LogP contribution in [0.25, 0.3) is 0 Å². The zero-order valence-corrected chi connectivity index (χ0v) is 8.36. The lowest BCUT2D eigenvalue weighted by Gasteiger charge is -2.28. The Morgan fingerprint density at radius 2 is 2.00 bits per heavy atom. The van der Waals surface area contributed by atoms with Crippen molar-refractivity contribution < 1.29 is 4.74 Å². The predicted octanol–water partition coefficient (Wildman–Crippen LogP) is 3.48. The predicted molar refractivity (Wildman–Crippen MR) is 58.1 cm³/mol. The van der Waals surface area contributed by atoms with Gasteiger partial charge in [-0.25, -0.2) is 0 Å². The molecule has 2 rings (SSSR count). The second-order valence-electron chi connectivity index (χ2n) is 3.74. The summed E-state index contributed by atoms with van der Waals surface area (Å²) in [5.41, 5.74) is 1.29. The van der Waals surface area contributed by atoms with Gasteiger partial charge < -0.3 is 4.74 Å². The Hall–Kier alpha value is -1.08. The lowest BCUT2D eigenvalue weighted by atomic mass is 9.98. The Morgan fingerprint density at radius 1 is 1.21 bits per heavy atom. The fourth-order valence-corrected chi connectivity index (χ4v) is 1.94. The second-order valence-corrected chi connectivity index (χ2v) is 3.74. The lowest BCUT2D eigenvalue weighted by Crippen LogP contribution is -2.20. The third-order valence-corrected chi connectivity index (χ3v) is 2.73. The van der Waals surface area contributed by atoms with Crippen LogP contribution in [-0.4, -0.2) is 6.10 Å². The van der Waals surface area contributed by atoms with E-state index in [1.807, 2.05) is 12.1 Å². The van der Waals surface area contributed by atoms with E-state index < -0.39 is 0 Å². The van der Waals surface area contributed by atoms with E-state index in [0.29, 0.717) is 0 Å². The van der Waals surface area contributed by atoms with Crippen LogP contribution >= 0.6 is 0 Å². The van der Waals surface area contributed by atoms with Gasteiger partial charge in [-0.3, -0.25) is 0 Å². The molecular formula is C13H16O. The van der Waals surface area contributed by atoms with Crippen LogP contribution in [0.4, 0.5) is 0 Å². The minimum absolute atomic E-state index is 0.244. The van der Waals surface area contributed by atoms with Gasteiger partial charge >= 0.3 is 0 Å². The summed E-state index contributed by atoms with van der Waals surface area (Å²) in [5.74, 6) is 0. The largest absolute Gasteiger partial charge is 0.366 e. The van der Waals surface area contributed by atoms with Gasteiger partial charge in [0.1, 0.15) is 0 Å². The summed E-state index contributed by atoms with van der Waals surface area (Å²) in [6.45, 7) is 3.79. The van der Waals surface area contributed by atoms with Crippen molar-refractivity contribution in [2.75, 3.05) is 0 Å². The van der Waals surface area contributed by atoms with E-state index in [1.165, 1.54) is 12.0 Å². The molecule has 0 saturated carbocycles. The molecule has 1 fully saturated rings. The summed E-state index contributed by atoms with van der Waals surface area (Å²) < 4.78 is 5.90. The summed E-state index contributed by atoms with van der Waals surface area (Å²) >= 11 is 0. The van der Waals surface area contributed by atoms with Crippen LogP contribution in [0.2, 0.25) is 0 Å². The third-order valence-electron chi connectivity index (χ3n) is 2.73. The van der Waals surface area contributed by atoms with Gasteiger partial charge in [0.25, 0.3) is 0 Å². The minimum Gasteiger partial charge on any atom is -0.366 e. The molecule has 1 aliphatic heterocycles. The van der Waals surface area contributed by atoms with Gasteiger partial charge in [0.2, 0.25) is 0 Å². The molecule has 0 spiro atoms. The molecule has 0 aliphatic carbocycles. The monoisotopic (exact) mass is 188 g/mol.